The molecule has 0 spiro atoms. The Morgan fingerprint density at radius 1 is 0.878 bits per heavy atom. The van der Waals surface area contributed by atoms with Gasteiger partial charge in [-0.1, -0.05) is 6.07 Å². The highest BCUT2D eigenvalue weighted by atomic mass is 19.4. The SMILES string of the molecule is Cn1nc(C2CCC(=O)NC2=O)c2ccc(N3CCC(CC4CCN(C(=O)OC[C@@H]5CC[C@]6(COc7nc8c9c(nc(-c%10cc(O)cc%11ccc(F)c(OC(F)(F)F)c%10%11)c(F)c9n7)CC[C@H]7COCCCN87)CCCN56)CC4)CC3)cc21. The molecule has 1 unspecified atom stereocenters. The molecule has 7 aliphatic rings. The maximum atomic E-state index is 17.5. The topological polar surface area (TPSA) is 190 Å². The molecule has 3 aromatic heterocycles. The largest absolute Gasteiger partial charge is 0.573 e. The number of nitrogens with one attached hydrogen (secondary N) is 1. The van der Waals surface area contributed by atoms with E-state index in [0.717, 1.165) is 112 Å². The predicted octanol–water partition coefficient (Wildman–Crippen LogP) is 9.21. The molecule has 23 heteroatoms. The number of aromatic hydroxyl groups is 1. The summed E-state index contributed by atoms with van der Waals surface area (Å²) in [7, 11) is 1.89. The van der Waals surface area contributed by atoms with E-state index in [1.54, 1.807) is 0 Å². The predicted molar refractivity (Wildman–Crippen MR) is 292 cm³/mol. The molecule has 3 aromatic carbocycles. The molecule has 0 saturated carbocycles. The van der Waals surface area contributed by atoms with E-state index in [-0.39, 0.29) is 65.7 Å². The van der Waals surface area contributed by atoms with Gasteiger partial charge in [0.15, 0.2) is 17.4 Å². The summed E-state index contributed by atoms with van der Waals surface area (Å²) in [4.78, 5) is 61.1. The van der Waals surface area contributed by atoms with Crippen LogP contribution in [0.5, 0.6) is 17.5 Å². The van der Waals surface area contributed by atoms with E-state index in [4.69, 9.17) is 29.3 Å². The van der Waals surface area contributed by atoms with Crippen molar-refractivity contribution in [2.75, 3.05) is 75.5 Å². The zero-order valence-corrected chi connectivity index (χ0v) is 45.6. The number of fused-ring (bicyclic) bond motifs is 5. The van der Waals surface area contributed by atoms with Gasteiger partial charge in [0.05, 0.1) is 46.4 Å². The van der Waals surface area contributed by atoms with Gasteiger partial charge in [-0.3, -0.25) is 24.5 Å². The van der Waals surface area contributed by atoms with Crippen LogP contribution in [-0.4, -0.2) is 147 Å². The molecule has 6 saturated heterocycles. The summed E-state index contributed by atoms with van der Waals surface area (Å²) >= 11 is 0. The third-order valence-electron chi connectivity index (χ3n) is 18.6. The Morgan fingerprint density at radius 2 is 1.68 bits per heavy atom. The smallest absolute Gasteiger partial charge is 0.508 e. The number of benzene rings is 3. The lowest BCUT2D eigenvalue weighted by Gasteiger charge is -2.37. The van der Waals surface area contributed by atoms with Crippen LogP contribution in [0.1, 0.15) is 101 Å². The van der Waals surface area contributed by atoms with Gasteiger partial charge in [-0.15, -0.1) is 13.2 Å². The normalized spacial score (nSPS) is 24.0. The van der Waals surface area contributed by atoms with Crippen molar-refractivity contribution in [3.8, 4) is 28.8 Å². The molecule has 0 radical (unpaired) electrons. The molecule has 0 bridgehead atoms. The number of carbonyl (C=O) groups is 3. The monoisotopic (exact) mass is 1140 g/mol. The van der Waals surface area contributed by atoms with Crippen LogP contribution in [-0.2, 0) is 32.5 Å². The van der Waals surface area contributed by atoms with Crippen molar-refractivity contribution < 1.29 is 60.4 Å². The zero-order chi connectivity index (χ0) is 56.6. The number of halogens is 5. The molecule has 18 nitrogen and oxygen atoms in total. The molecule has 4 atom stereocenters. The van der Waals surface area contributed by atoms with Crippen molar-refractivity contribution >= 4 is 62.0 Å². The number of aromatic nitrogens is 5. The molecule has 82 heavy (non-hydrogen) atoms. The summed E-state index contributed by atoms with van der Waals surface area (Å²) in [6, 6.07) is 10.2. The first kappa shape index (κ1) is 54.1. The molecule has 6 aromatic rings. The van der Waals surface area contributed by atoms with Crippen LogP contribution in [0.4, 0.5) is 38.3 Å². The number of pyridine rings is 1. The summed E-state index contributed by atoms with van der Waals surface area (Å²) in [6.45, 7) is 5.79. The van der Waals surface area contributed by atoms with Gasteiger partial charge in [-0.2, -0.15) is 15.1 Å². The maximum Gasteiger partial charge on any atom is 0.573 e. The Hall–Kier alpha value is -7.14. The third-order valence-corrected chi connectivity index (χ3v) is 18.6. The Balaban J connectivity index is 0.649. The number of phenols is 1. The van der Waals surface area contributed by atoms with Gasteiger partial charge in [0.1, 0.15) is 36.0 Å². The van der Waals surface area contributed by atoms with Crippen LogP contribution >= 0.6 is 0 Å². The minimum absolute atomic E-state index is 0.0319. The lowest BCUT2D eigenvalue weighted by Crippen LogP contribution is -2.48. The summed E-state index contributed by atoms with van der Waals surface area (Å²) in [5.74, 6) is -3.38. The number of hydrogen-bond acceptors (Lipinski definition) is 15. The number of carbonyl (C=O) groups excluding carboxylic acids is 3. The van der Waals surface area contributed by atoms with Gasteiger partial charge in [0.25, 0.3) is 0 Å². The Morgan fingerprint density at radius 3 is 2.48 bits per heavy atom. The van der Waals surface area contributed by atoms with E-state index in [1.165, 1.54) is 6.07 Å². The van der Waals surface area contributed by atoms with Crippen LogP contribution in [0.2, 0.25) is 0 Å². The summed E-state index contributed by atoms with van der Waals surface area (Å²) in [5.41, 5.74) is 1.82. The van der Waals surface area contributed by atoms with Crippen molar-refractivity contribution in [1.29, 1.82) is 0 Å². The Bertz CT molecular complexity index is 3500. The van der Waals surface area contributed by atoms with Crippen molar-refractivity contribution in [2.45, 2.75) is 120 Å². The van der Waals surface area contributed by atoms with Crippen LogP contribution in [0, 0.1) is 23.5 Å². The molecule has 10 heterocycles. The summed E-state index contributed by atoms with van der Waals surface area (Å²) in [5, 5.41) is 18.8. The molecule has 6 fully saturated rings. The molecule has 7 aliphatic heterocycles. The van der Waals surface area contributed by atoms with Gasteiger partial charge >= 0.3 is 18.5 Å². The maximum absolute atomic E-state index is 17.5. The second kappa shape index (κ2) is 21.6. The van der Waals surface area contributed by atoms with E-state index in [9.17, 15) is 32.7 Å². The molecule has 3 amide bonds. The van der Waals surface area contributed by atoms with E-state index < -0.39 is 52.0 Å². The van der Waals surface area contributed by atoms with Gasteiger partial charge in [0, 0.05) is 80.9 Å². The fraction of sp³-hybridized carbons (Fsp3) is 0.542. The van der Waals surface area contributed by atoms with Crippen molar-refractivity contribution in [1.82, 2.24) is 39.8 Å². The average Bonchev–Trinajstić information content (AvgIpc) is 3.74. The molecule has 434 valence electrons. The second-order valence-electron chi connectivity index (χ2n) is 23.5. The number of alkyl halides is 3. The highest BCUT2D eigenvalue weighted by Gasteiger charge is 2.50. The number of phenolic OH excluding ortho intramolecular Hbond substituents is 1. The number of anilines is 2. The second-order valence-corrected chi connectivity index (χ2v) is 23.5. The van der Waals surface area contributed by atoms with E-state index in [2.05, 4.69) is 47.9 Å². The number of likely N-dealkylation sites (tertiary alicyclic amines) is 1. The van der Waals surface area contributed by atoms with Crippen molar-refractivity contribution in [3.63, 3.8) is 0 Å². The zero-order valence-electron chi connectivity index (χ0n) is 45.6. The van der Waals surface area contributed by atoms with Crippen LogP contribution in [0.15, 0.2) is 42.5 Å². The Kier molecular flexibility index (Phi) is 14.2. The number of nitrogens with zero attached hydrogens (tertiary/aromatic N) is 9. The molecule has 0 aliphatic carbocycles. The van der Waals surface area contributed by atoms with Crippen LogP contribution in [0.25, 0.3) is 43.8 Å². The summed E-state index contributed by atoms with van der Waals surface area (Å²) in [6.07, 6.45) is 5.04. The summed E-state index contributed by atoms with van der Waals surface area (Å²) < 4.78 is 98.8. The highest BCUT2D eigenvalue weighted by molar-refractivity contribution is 6.05. The fourth-order valence-corrected chi connectivity index (χ4v) is 14.5. The van der Waals surface area contributed by atoms with Gasteiger partial charge in [-0.25, -0.2) is 18.6 Å². The van der Waals surface area contributed by atoms with Gasteiger partial charge in [-0.05, 0) is 144 Å². The fourth-order valence-electron chi connectivity index (χ4n) is 14.5. The minimum Gasteiger partial charge on any atom is -0.508 e. The standard InChI is InChI=1S/C59H65F5N10O8/c1-70-45-28-36(5-7-40(45)50(69-70)41-8-11-46(76)66-55(41)77)71-21-13-33(14-22-71)26-34-15-23-72(24-16-34)57(78)80-31-38-12-18-58(17-2-20-74(38)58)32-81-56-67-52-48-44(10-6-37-30-79-25-3-19-73(37)54(48)68-56)65-51(49(52)61)42-29-39(75)27-35-4-9-43(60)53(47(35)42)82-59(62,63)64/h4-5,7,9,27-29,33-34,37-38,41,75H,2-3,6,8,10-26,30-32H2,1H3,(H,66,76,77)/t37-,38-,41?,58-/m0/s1. The number of hydrogen-bond donors (Lipinski definition) is 2. The van der Waals surface area contributed by atoms with Gasteiger partial charge in [0.2, 0.25) is 11.8 Å². The first-order valence-electron chi connectivity index (χ1n) is 28.9. The van der Waals surface area contributed by atoms with E-state index >= 15 is 8.78 Å². The van der Waals surface area contributed by atoms with Crippen molar-refractivity contribution in [3.05, 3.63) is 65.5 Å². The first-order chi connectivity index (χ1) is 39.6. The number of imide groups is 1. The van der Waals surface area contributed by atoms with Crippen LogP contribution < -0.4 is 24.6 Å². The minimum atomic E-state index is -5.29. The molecule has 13 rings (SSSR count). The van der Waals surface area contributed by atoms with Gasteiger partial charge < -0.3 is 38.8 Å². The quantitative estimate of drug-likeness (QED) is 0.0922. The number of amides is 3. The number of rotatable bonds is 11. The van der Waals surface area contributed by atoms with E-state index in [1.807, 2.05) is 16.6 Å². The molecular weight excluding hydrogens is 1070 g/mol. The lowest BCUT2D eigenvalue weighted by molar-refractivity contribution is -0.275. The Labute approximate surface area is 469 Å². The first-order valence-corrected chi connectivity index (χ1v) is 28.9. The third kappa shape index (κ3) is 10.2. The average molecular weight is 1140 g/mol. The lowest BCUT2D eigenvalue weighted by atomic mass is 9.83. The number of aryl methyl sites for hydroxylation is 2. The van der Waals surface area contributed by atoms with Crippen LogP contribution in [0.3, 0.4) is 0 Å². The highest BCUT2D eigenvalue weighted by Crippen LogP contribution is 2.47. The van der Waals surface area contributed by atoms with E-state index in [0.29, 0.717) is 99.4 Å². The number of ether oxygens (including phenoxy) is 4. The molecule has 2 N–H and O–H groups in total. The number of piperidine rings is 3. The molecular formula is C59H65F5N10O8. The van der Waals surface area contributed by atoms with Crippen molar-refractivity contribution in [2.24, 2.45) is 18.9 Å².